The SMILES string of the molecule is Cc1cc(C)c(S(OC(=O)C(F)(F)F)(c2c(C)cc(C)cc2C)c2c(C)cc(C)cc2C)c(C)c1. The number of carbonyl (C=O) groups excluding carboxylic acids is 1. The van der Waals surface area contributed by atoms with Gasteiger partial charge in [0.05, 0.1) is 0 Å². The first-order chi connectivity index (χ1) is 16.1. The number of hydrogen-bond donors (Lipinski definition) is 0. The highest BCUT2D eigenvalue weighted by atomic mass is 32.3. The van der Waals surface area contributed by atoms with E-state index in [0.29, 0.717) is 14.7 Å². The zero-order valence-electron chi connectivity index (χ0n) is 21.8. The van der Waals surface area contributed by atoms with Gasteiger partial charge in [-0.15, -0.1) is 0 Å². The van der Waals surface area contributed by atoms with E-state index in [0.717, 1.165) is 50.1 Å². The van der Waals surface area contributed by atoms with Crippen molar-refractivity contribution in [2.45, 2.75) is 83.2 Å². The number of hydrogen-bond acceptors (Lipinski definition) is 2. The van der Waals surface area contributed by atoms with Gasteiger partial charge in [0.25, 0.3) is 0 Å². The molecule has 0 saturated carbocycles. The Kier molecular flexibility index (Phi) is 7.20. The minimum Gasteiger partial charge on any atom is -0.395 e. The number of halogens is 3. The number of benzene rings is 3. The molecule has 3 aromatic carbocycles. The lowest BCUT2D eigenvalue weighted by Gasteiger charge is -2.45. The summed E-state index contributed by atoms with van der Waals surface area (Å²) in [5.41, 5.74) is 7.77. The first-order valence-corrected chi connectivity index (χ1v) is 13.0. The summed E-state index contributed by atoms with van der Waals surface area (Å²) in [4.78, 5) is 14.7. The number of rotatable bonds is 4. The normalized spacial score (nSPS) is 12.6. The van der Waals surface area contributed by atoms with E-state index in [9.17, 15) is 18.0 Å². The van der Waals surface area contributed by atoms with Crippen LogP contribution in [0.25, 0.3) is 0 Å². The lowest BCUT2D eigenvalue weighted by atomic mass is 10.1. The summed E-state index contributed by atoms with van der Waals surface area (Å²) in [6.45, 7) is 17.2. The molecular formula is C29H33F3O2S. The van der Waals surface area contributed by atoms with Gasteiger partial charge in [0.2, 0.25) is 0 Å². The van der Waals surface area contributed by atoms with Crippen molar-refractivity contribution in [2.24, 2.45) is 0 Å². The van der Waals surface area contributed by atoms with Gasteiger partial charge in [0, 0.05) is 14.7 Å². The van der Waals surface area contributed by atoms with Crippen LogP contribution in [0.1, 0.15) is 50.1 Å². The number of carbonyl (C=O) groups is 1. The van der Waals surface area contributed by atoms with E-state index < -0.39 is 22.5 Å². The molecule has 0 amide bonds. The van der Waals surface area contributed by atoms with Crippen LogP contribution in [0.5, 0.6) is 0 Å². The summed E-state index contributed by atoms with van der Waals surface area (Å²) in [6, 6.07) is 11.7. The third-order valence-electron chi connectivity index (χ3n) is 6.11. The second-order valence-electron chi connectivity index (χ2n) is 9.61. The molecule has 0 atom stereocenters. The quantitative estimate of drug-likeness (QED) is 0.356. The molecule has 2 nitrogen and oxygen atoms in total. The van der Waals surface area contributed by atoms with Crippen LogP contribution in [-0.2, 0) is 8.98 Å². The van der Waals surface area contributed by atoms with Crippen molar-refractivity contribution in [2.75, 3.05) is 0 Å². The van der Waals surface area contributed by atoms with E-state index in [-0.39, 0.29) is 0 Å². The molecule has 0 aliphatic carbocycles. The highest BCUT2D eigenvalue weighted by Crippen LogP contribution is 2.74. The fraction of sp³-hybridized carbons (Fsp3) is 0.345. The molecular weight excluding hydrogens is 469 g/mol. The lowest BCUT2D eigenvalue weighted by molar-refractivity contribution is -0.188. The van der Waals surface area contributed by atoms with Crippen molar-refractivity contribution >= 4 is 16.3 Å². The molecule has 188 valence electrons. The van der Waals surface area contributed by atoms with Gasteiger partial charge < -0.3 is 4.18 Å². The predicted octanol–water partition coefficient (Wildman–Crippen LogP) is 8.76. The minimum absolute atomic E-state index is 0.644. The highest BCUT2D eigenvalue weighted by Gasteiger charge is 2.49. The average Bonchev–Trinajstić information content (AvgIpc) is 2.64. The van der Waals surface area contributed by atoms with Gasteiger partial charge in [0.15, 0.2) is 0 Å². The van der Waals surface area contributed by atoms with E-state index in [1.165, 1.54) is 0 Å². The van der Waals surface area contributed by atoms with Gasteiger partial charge in [0.1, 0.15) is 0 Å². The van der Waals surface area contributed by atoms with Gasteiger partial charge in [-0.1, -0.05) is 53.1 Å². The first kappa shape index (κ1) is 26.9. The largest absolute Gasteiger partial charge is 0.491 e. The Labute approximate surface area is 208 Å². The summed E-state index contributed by atoms with van der Waals surface area (Å²) in [5, 5.41) is 0. The Morgan fingerprint density at radius 2 is 0.800 bits per heavy atom. The fourth-order valence-electron chi connectivity index (χ4n) is 5.45. The van der Waals surface area contributed by atoms with Gasteiger partial charge in [-0.2, -0.15) is 13.2 Å². The maximum Gasteiger partial charge on any atom is 0.491 e. The van der Waals surface area contributed by atoms with Gasteiger partial charge in [-0.25, -0.2) is 4.79 Å². The molecule has 0 fully saturated rings. The van der Waals surface area contributed by atoms with Gasteiger partial charge >= 0.3 is 12.1 Å². The minimum atomic E-state index is -5.14. The molecule has 0 bridgehead atoms. The standard InChI is InChI=1S/C29H33F3O2S/c1-16-10-19(4)25(20(5)11-16)35(34-28(33)29(30,31)32,26-21(6)12-17(2)13-22(26)7)27-23(8)14-18(3)15-24(27)9/h10-15H,1-9H3. The molecule has 0 heterocycles. The van der Waals surface area contributed by atoms with Crippen molar-refractivity contribution in [3.8, 4) is 0 Å². The van der Waals surface area contributed by atoms with Crippen molar-refractivity contribution in [3.63, 3.8) is 0 Å². The third-order valence-corrected chi connectivity index (χ3v) is 10.2. The van der Waals surface area contributed by atoms with E-state index in [1.807, 2.05) is 98.7 Å². The molecule has 3 rings (SSSR count). The molecule has 0 aliphatic rings. The fourth-order valence-corrected chi connectivity index (χ4v) is 9.71. The molecule has 0 spiro atoms. The summed E-state index contributed by atoms with van der Waals surface area (Å²) in [6.07, 6.45) is -5.14. The molecule has 0 unspecified atom stereocenters. The summed E-state index contributed by atoms with van der Waals surface area (Å²) >= 11 is 0. The van der Waals surface area contributed by atoms with Crippen LogP contribution in [0.4, 0.5) is 13.2 Å². The predicted molar refractivity (Wildman–Crippen MR) is 136 cm³/mol. The monoisotopic (exact) mass is 502 g/mol. The maximum atomic E-state index is 13.9. The zero-order chi connectivity index (χ0) is 26.5. The molecule has 6 heteroatoms. The first-order valence-electron chi connectivity index (χ1n) is 11.5. The van der Waals surface area contributed by atoms with Gasteiger partial charge in [-0.3, -0.25) is 0 Å². The van der Waals surface area contributed by atoms with E-state index in [1.54, 1.807) is 0 Å². The molecule has 35 heavy (non-hydrogen) atoms. The molecule has 0 N–H and O–H groups in total. The molecule has 0 radical (unpaired) electrons. The van der Waals surface area contributed by atoms with Crippen LogP contribution in [0, 0.1) is 62.3 Å². The molecule has 3 aromatic rings. The van der Waals surface area contributed by atoms with Crippen LogP contribution >= 0.6 is 10.3 Å². The molecule has 0 aromatic heterocycles. The molecule has 0 saturated heterocycles. The Morgan fingerprint density at radius 3 is 1.00 bits per heavy atom. The molecule has 0 aliphatic heterocycles. The van der Waals surface area contributed by atoms with E-state index in [2.05, 4.69) is 0 Å². The smallest absolute Gasteiger partial charge is 0.395 e. The van der Waals surface area contributed by atoms with Crippen LogP contribution in [0.15, 0.2) is 51.1 Å². The Balaban J connectivity index is 2.68. The summed E-state index contributed by atoms with van der Waals surface area (Å²) < 4.78 is 47.5. The van der Waals surface area contributed by atoms with Crippen LogP contribution in [-0.4, -0.2) is 12.1 Å². The van der Waals surface area contributed by atoms with Gasteiger partial charge in [-0.05, 0) is 106 Å². The topological polar surface area (TPSA) is 26.3 Å². The zero-order valence-corrected chi connectivity index (χ0v) is 22.6. The van der Waals surface area contributed by atoms with Crippen molar-refractivity contribution in [1.29, 1.82) is 0 Å². The second-order valence-corrected chi connectivity index (χ2v) is 12.1. The van der Waals surface area contributed by atoms with Crippen molar-refractivity contribution in [3.05, 3.63) is 86.5 Å². The maximum absolute atomic E-state index is 13.9. The third kappa shape index (κ3) is 4.86. The van der Waals surface area contributed by atoms with Crippen molar-refractivity contribution < 1.29 is 22.1 Å². The number of alkyl halides is 3. The van der Waals surface area contributed by atoms with Crippen LogP contribution in [0.3, 0.4) is 0 Å². The van der Waals surface area contributed by atoms with Crippen LogP contribution < -0.4 is 0 Å². The Bertz CT molecular complexity index is 1110. The Morgan fingerprint density at radius 1 is 0.571 bits per heavy atom. The second kappa shape index (κ2) is 9.38. The van der Waals surface area contributed by atoms with E-state index in [4.69, 9.17) is 4.18 Å². The Hall–Kier alpha value is -2.73. The average molecular weight is 503 g/mol. The lowest BCUT2D eigenvalue weighted by Crippen LogP contribution is -2.29. The summed E-state index contributed by atoms with van der Waals surface area (Å²) in [7, 11) is -3.12. The highest BCUT2D eigenvalue weighted by molar-refractivity contribution is 8.30. The number of aryl methyl sites for hydroxylation is 9. The summed E-state index contributed by atoms with van der Waals surface area (Å²) in [5.74, 6) is -2.18. The van der Waals surface area contributed by atoms with Crippen LogP contribution in [0.2, 0.25) is 0 Å². The van der Waals surface area contributed by atoms with E-state index >= 15 is 0 Å². The van der Waals surface area contributed by atoms with Crippen molar-refractivity contribution in [1.82, 2.24) is 0 Å².